The van der Waals surface area contributed by atoms with Gasteiger partial charge in [0.15, 0.2) is 5.96 Å². The molecule has 0 saturated carbocycles. The highest BCUT2D eigenvalue weighted by Gasteiger charge is 2.41. The van der Waals surface area contributed by atoms with Gasteiger partial charge in [-0.15, -0.1) is 24.0 Å². The number of aliphatic imine (C=N–C) groups is 1. The first-order valence-electron chi connectivity index (χ1n) is 8.85. The molecule has 1 fully saturated rings. The van der Waals surface area contributed by atoms with Gasteiger partial charge in [-0.25, -0.2) is 0 Å². The number of likely N-dealkylation sites (N-methyl/N-ethyl adjacent to an activating group) is 1. The number of nitrogens with zero attached hydrogens (tertiary/aromatic N) is 4. The summed E-state index contributed by atoms with van der Waals surface area (Å²) in [5, 5.41) is 3.31. The van der Waals surface area contributed by atoms with E-state index in [1.165, 1.54) is 11.8 Å². The van der Waals surface area contributed by atoms with E-state index in [0.717, 1.165) is 18.2 Å². The van der Waals surface area contributed by atoms with Gasteiger partial charge in [-0.1, -0.05) is 18.2 Å². The van der Waals surface area contributed by atoms with Gasteiger partial charge in [0.2, 0.25) is 0 Å². The number of guanidine groups is 1. The predicted molar refractivity (Wildman–Crippen MR) is 115 cm³/mol. The summed E-state index contributed by atoms with van der Waals surface area (Å²) in [7, 11) is 3.73. The smallest absolute Gasteiger partial charge is 0.373 e. The maximum Gasteiger partial charge on any atom is 0.403 e. The number of rotatable bonds is 5. The van der Waals surface area contributed by atoms with Crippen LogP contribution >= 0.6 is 24.0 Å². The van der Waals surface area contributed by atoms with Crippen molar-refractivity contribution >= 4 is 35.6 Å². The second kappa shape index (κ2) is 10.9. The molecule has 0 aromatic heterocycles. The zero-order valence-corrected chi connectivity index (χ0v) is 18.4. The summed E-state index contributed by atoms with van der Waals surface area (Å²) in [5.74, 6) is 0.741. The number of anilines is 1. The molecule has 5 nitrogen and oxygen atoms in total. The normalized spacial score (nSPS) is 17.3. The van der Waals surface area contributed by atoms with Crippen molar-refractivity contribution in [1.82, 2.24) is 15.1 Å². The highest BCUT2D eigenvalue weighted by molar-refractivity contribution is 14.0. The van der Waals surface area contributed by atoms with Gasteiger partial charge in [-0.2, -0.15) is 13.2 Å². The first-order chi connectivity index (χ1) is 12.3. The third-order valence-corrected chi connectivity index (χ3v) is 4.77. The van der Waals surface area contributed by atoms with Crippen LogP contribution in [0.15, 0.2) is 35.3 Å². The van der Waals surface area contributed by atoms with Gasteiger partial charge in [-0.3, -0.25) is 9.89 Å². The lowest BCUT2D eigenvalue weighted by molar-refractivity contribution is -0.181. The molecule has 1 heterocycles. The third kappa shape index (κ3) is 7.02. The van der Waals surface area contributed by atoms with Crippen molar-refractivity contribution in [2.45, 2.75) is 19.1 Å². The molecular weight excluding hydrogens is 470 g/mol. The molecule has 9 heteroatoms. The Kier molecular flexibility index (Phi) is 9.65. The highest BCUT2D eigenvalue weighted by atomic mass is 127. The van der Waals surface area contributed by atoms with Gasteiger partial charge in [-0.05, 0) is 19.1 Å². The molecule has 154 valence electrons. The van der Waals surface area contributed by atoms with E-state index in [0.29, 0.717) is 32.7 Å². The molecule has 27 heavy (non-hydrogen) atoms. The van der Waals surface area contributed by atoms with E-state index in [2.05, 4.69) is 27.3 Å². The molecule has 0 amide bonds. The summed E-state index contributed by atoms with van der Waals surface area (Å²) in [6.45, 7) is 4.56. The van der Waals surface area contributed by atoms with E-state index in [4.69, 9.17) is 0 Å². The molecule has 1 atom stereocenters. The van der Waals surface area contributed by atoms with Crippen molar-refractivity contribution in [1.29, 1.82) is 0 Å². The van der Waals surface area contributed by atoms with Crippen molar-refractivity contribution < 1.29 is 13.2 Å². The van der Waals surface area contributed by atoms with Crippen molar-refractivity contribution in [2.24, 2.45) is 4.99 Å². The van der Waals surface area contributed by atoms with Crippen LogP contribution in [0.25, 0.3) is 0 Å². The number of benzene rings is 1. The maximum absolute atomic E-state index is 12.8. The Labute approximate surface area is 176 Å². The number of nitrogens with one attached hydrogen (secondary N) is 1. The summed E-state index contributed by atoms with van der Waals surface area (Å²) in [5.41, 5.74) is 1.14. The largest absolute Gasteiger partial charge is 0.403 e. The van der Waals surface area contributed by atoms with Crippen molar-refractivity contribution in [3.63, 3.8) is 0 Å². The second-order valence-corrected chi connectivity index (χ2v) is 6.47. The van der Waals surface area contributed by atoms with Gasteiger partial charge in [0.25, 0.3) is 0 Å². The lowest BCUT2D eigenvalue weighted by atomic mass is 10.2. The standard InChI is InChI=1S/C18H28F3N5.HI/c1-15(18(19,20)21)25-11-13-26(14-12-25)17(22-2)23-9-10-24(3)16-7-5-4-6-8-16;/h4-8,15H,9-14H2,1-3H3,(H,22,23);1H. The molecule has 1 aromatic rings. The maximum atomic E-state index is 12.8. The van der Waals surface area contributed by atoms with Crippen LogP contribution in [0.1, 0.15) is 6.92 Å². The molecule has 0 radical (unpaired) electrons. The molecule has 1 aliphatic rings. The summed E-state index contributed by atoms with van der Waals surface area (Å²) in [6.07, 6.45) is -4.18. The fraction of sp³-hybridized carbons (Fsp3) is 0.611. The van der Waals surface area contributed by atoms with Crippen LogP contribution in [0.5, 0.6) is 0 Å². The quantitative estimate of drug-likeness (QED) is 0.384. The van der Waals surface area contributed by atoms with Crippen LogP contribution in [0.3, 0.4) is 0 Å². The van der Waals surface area contributed by atoms with E-state index in [-0.39, 0.29) is 24.0 Å². The van der Waals surface area contributed by atoms with Crippen LogP contribution < -0.4 is 10.2 Å². The lowest BCUT2D eigenvalue weighted by Gasteiger charge is -2.39. The molecule has 1 unspecified atom stereocenters. The number of hydrogen-bond acceptors (Lipinski definition) is 3. The Morgan fingerprint density at radius 2 is 1.78 bits per heavy atom. The Morgan fingerprint density at radius 1 is 1.19 bits per heavy atom. The minimum absolute atomic E-state index is 0. The SMILES string of the molecule is CN=C(NCCN(C)c1ccccc1)N1CCN(C(C)C(F)(F)F)CC1.I. The minimum atomic E-state index is -4.18. The molecular formula is C18H29F3IN5. The zero-order valence-electron chi connectivity index (χ0n) is 16.0. The van der Waals surface area contributed by atoms with Crippen LogP contribution in [0, 0.1) is 0 Å². The van der Waals surface area contributed by atoms with E-state index >= 15 is 0 Å². The van der Waals surface area contributed by atoms with Crippen molar-refractivity contribution in [3.8, 4) is 0 Å². The van der Waals surface area contributed by atoms with E-state index in [1.807, 2.05) is 30.1 Å². The van der Waals surface area contributed by atoms with Crippen molar-refractivity contribution in [3.05, 3.63) is 30.3 Å². The van der Waals surface area contributed by atoms with E-state index in [1.54, 1.807) is 7.05 Å². The Morgan fingerprint density at radius 3 is 2.30 bits per heavy atom. The number of hydrogen-bond donors (Lipinski definition) is 1. The Balaban J connectivity index is 0.00000364. The van der Waals surface area contributed by atoms with Gasteiger partial charge >= 0.3 is 6.18 Å². The van der Waals surface area contributed by atoms with Crippen LogP contribution in [0.4, 0.5) is 18.9 Å². The molecule has 1 saturated heterocycles. The molecule has 1 N–H and O–H groups in total. The van der Waals surface area contributed by atoms with Crippen molar-refractivity contribution in [2.75, 3.05) is 58.3 Å². The third-order valence-electron chi connectivity index (χ3n) is 4.77. The molecule has 0 spiro atoms. The first kappa shape index (κ1) is 23.8. The average Bonchev–Trinajstić information content (AvgIpc) is 2.64. The van der Waals surface area contributed by atoms with Crippen LogP contribution in [-0.2, 0) is 0 Å². The van der Waals surface area contributed by atoms with Crippen LogP contribution in [0.2, 0.25) is 0 Å². The molecule has 2 rings (SSSR count). The van der Waals surface area contributed by atoms with Gasteiger partial charge in [0.1, 0.15) is 6.04 Å². The molecule has 1 aliphatic heterocycles. The fourth-order valence-electron chi connectivity index (χ4n) is 3.01. The Bertz CT molecular complexity index is 574. The Hall–Kier alpha value is -1.23. The fourth-order valence-corrected chi connectivity index (χ4v) is 3.01. The van der Waals surface area contributed by atoms with Gasteiger partial charge in [0.05, 0.1) is 0 Å². The predicted octanol–water partition coefficient (Wildman–Crippen LogP) is 2.88. The number of piperazine rings is 1. The van der Waals surface area contributed by atoms with Crippen LogP contribution in [-0.4, -0.2) is 81.3 Å². The topological polar surface area (TPSA) is 34.1 Å². The summed E-state index contributed by atoms with van der Waals surface area (Å²) in [4.78, 5) is 9.91. The number of halogens is 4. The minimum Gasteiger partial charge on any atom is -0.373 e. The van der Waals surface area contributed by atoms with E-state index < -0.39 is 12.2 Å². The number of para-hydroxylation sites is 1. The zero-order chi connectivity index (χ0) is 19.2. The first-order valence-corrected chi connectivity index (χ1v) is 8.85. The number of alkyl halides is 3. The highest BCUT2D eigenvalue weighted by Crippen LogP contribution is 2.25. The molecule has 1 aromatic carbocycles. The monoisotopic (exact) mass is 499 g/mol. The molecule has 0 bridgehead atoms. The van der Waals surface area contributed by atoms with Gasteiger partial charge < -0.3 is 15.1 Å². The summed E-state index contributed by atoms with van der Waals surface area (Å²) >= 11 is 0. The summed E-state index contributed by atoms with van der Waals surface area (Å²) < 4.78 is 38.5. The summed E-state index contributed by atoms with van der Waals surface area (Å²) in [6, 6.07) is 8.68. The average molecular weight is 499 g/mol. The van der Waals surface area contributed by atoms with Gasteiger partial charge in [0, 0.05) is 59.1 Å². The lowest BCUT2D eigenvalue weighted by Crippen LogP contribution is -2.57. The molecule has 0 aliphatic carbocycles. The second-order valence-electron chi connectivity index (χ2n) is 6.47. The van der Waals surface area contributed by atoms with E-state index in [9.17, 15) is 13.2 Å².